The van der Waals surface area contributed by atoms with Gasteiger partial charge in [0.2, 0.25) is 0 Å². The number of carbonyl (C=O) groups is 1. The van der Waals surface area contributed by atoms with Crippen LogP contribution in [0.2, 0.25) is 0 Å². The molecule has 6 nitrogen and oxygen atoms in total. The molecule has 0 fully saturated rings. The van der Waals surface area contributed by atoms with Crippen molar-refractivity contribution >= 4 is 5.91 Å². The first-order chi connectivity index (χ1) is 12.2. The lowest BCUT2D eigenvalue weighted by Crippen LogP contribution is -2.34. The van der Waals surface area contributed by atoms with E-state index in [1.807, 2.05) is 0 Å². The molecule has 0 aliphatic carbocycles. The third-order valence-corrected chi connectivity index (χ3v) is 4.01. The van der Waals surface area contributed by atoms with Crippen molar-refractivity contribution in [3.8, 4) is 16.9 Å². The molecule has 25 heavy (non-hydrogen) atoms. The van der Waals surface area contributed by atoms with Crippen molar-refractivity contribution in [3.63, 3.8) is 0 Å². The first-order valence-electron chi connectivity index (χ1n) is 7.75. The van der Waals surface area contributed by atoms with Gasteiger partial charge in [-0.1, -0.05) is 0 Å². The van der Waals surface area contributed by atoms with Gasteiger partial charge in [-0.25, -0.2) is 14.4 Å². The summed E-state index contributed by atoms with van der Waals surface area (Å²) < 4.78 is 24.8. The number of nitrogens with zero attached hydrogens (tertiary/aromatic N) is 2. The molecule has 0 spiro atoms. The molecule has 4 rings (SSSR count). The second-order valence-electron chi connectivity index (χ2n) is 5.73. The summed E-state index contributed by atoms with van der Waals surface area (Å²) >= 11 is 0. The van der Waals surface area contributed by atoms with Crippen LogP contribution in [0.4, 0.5) is 4.39 Å². The summed E-state index contributed by atoms with van der Waals surface area (Å²) in [6.07, 6.45) is 7.70. The van der Waals surface area contributed by atoms with Crippen LogP contribution in [-0.4, -0.2) is 28.5 Å². The number of rotatable bonds is 4. The van der Waals surface area contributed by atoms with Crippen molar-refractivity contribution < 1.29 is 18.3 Å². The van der Waals surface area contributed by atoms with Crippen molar-refractivity contribution in [1.82, 2.24) is 15.3 Å². The Hall–Kier alpha value is -3.22. The summed E-state index contributed by atoms with van der Waals surface area (Å²) in [5, 5.41) is 2.79. The van der Waals surface area contributed by atoms with Gasteiger partial charge in [0.15, 0.2) is 0 Å². The molecule has 1 aromatic carbocycles. The zero-order chi connectivity index (χ0) is 17.2. The Bertz CT molecular complexity index is 897. The van der Waals surface area contributed by atoms with Gasteiger partial charge in [0, 0.05) is 35.5 Å². The fraction of sp³-hybridized carbons (Fsp3) is 0.167. The zero-order valence-corrected chi connectivity index (χ0v) is 13.1. The minimum Gasteiger partial charge on any atom is -0.487 e. The molecule has 0 saturated heterocycles. The maximum Gasteiger partial charge on any atom is 0.254 e. The van der Waals surface area contributed by atoms with Crippen LogP contribution in [0.5, 0.6) is 5.75 Å². The normalized spacial score (nSPS) is 15.5. The third-order valence-electron chi connectivity index (χ3n) is 4.01. The van der Waals surface area contributed by atoms with Crippen molar-refractivity contribution in [3.05, 3.63) is 66.4 Å². The molecule has 7 heteroatoms. The van der Waals surface area contributed by atoms with Crippen molar-refractivity contribution in [1.29, 1.82) is 0 Å². The van der Waals surface area contributed by atoms with Crippen LogP contribution >= 0.6 is 0 Å². The van der Waals surface area contributed by atoms with E-state index in [1.165, 1.54) is 31.0 Å². The summed E-state index contributed by atoms with van der Waals surface area (Å²) in [6.45, 7) is 0.311. The second-order valence-corrected chi connectivity index (χ2v) is 5.73. The molecule has 1 atom stereocenters. The topological polar surface area (TPSA) is 77.2 Å². The Kier molecular flexibility index (Phi) is 3.89. The molecule has 3 heterocycles. The minimum atomic E-state index is -0.343. The van der Waals surface area contributed by atoms with Crippen LogP contribution < -0.4 is 10.1 Å². The first-order valence-corrected chi connectivity index (χ1v) is 7.75. The number of ether oxygens (including phenoxy) is 1. The van der Waals surface area contributed by atoms with E-state index in [9.17, 15) is 9.18 Å². The van der Waals surface area contributed by atoms with E-state index in [1.54, 1.807) is 18.5 Å². The molecular weight excluding hydrogens is 325 g/mol. The second kappa shape index (κ2) is 6.35. The van der Waals surface area contributed by atoms with Gasteiger partial charge in [0.1, 0.15) is 30.3 Å². The zero-order valence-electron chi connectivity index (χ0n) is 13.1. The molecule has 2 aromatic heterocycles. The number of fused-ring (bicyclic) bond motifs is 1. The Balaban J connectivity index is 1.51. The Morgan fingerprint density at radius 2 is 2.16 bits per heavy atom. The van der Waals surface area contributed by atoms with Crippen LogP contribution in [0.1, 0.15) is 15.9 Å². The molecule has 1 aliphatic rings. The van der Waals surface area contributed by atoms with Crippen LogP contribution in [0, 0.1) is 5.82 Å². The quantitative estimate of drug-likeness (QED) is 0.791. The van der Waals surface area contributed by atoms with Crippen LogP contribution in [0.3, 0.4) is 0 Å². The van der Waals surface area contributed by atoms with Crippen LogP contribution in [0.25, 0.3) is 11.1 Å². The molecule has 3 aromatic rings. The summed E-state index contributed by atoms with van der Waals surface area (Å²) in [7, 11) is 0. The number of halogens is 1. The van der Waals surface area contributed by atoms with Gasteiger partial charge in [-0.15, -0.1) is 0 Å². The third kappa shape index (κ3) is 3.08. The van der Waals surface area contributed by atoms with E-state index >= 15 is 0 Å². The summed E-state index contributed by atoms with van der Waals surface area (Å²) in [5.41, 5.74) is 2.51. The number of amides is 1. The minimum absolute atomic E-state index is 0.240. The number of hydrogen-bond acceptors (Lipinski definition) is 5. The number of nitrogens with one attached hydrogen (secondary N) is 1. The first kappa shape index (κ1) is 15.3. The van der Waals surface area contributed by atoms with Crippen LogP contribution in [0.15, 0.2) is 53.9 Å². The predicted octanol–water partition coefficient (Wildman–Crippen LogP) is 2.61. The highest BCUT2D eigenvalue weighted by atomic mass is 19.1. The van der Waals surface area contributed by atoms with Crippen LogP contribution in [-0.2, 0) is 6.42 Å². The van der Waals surface area contributed by atoms with E-state index in [0.717, 1.165) is 5.56 Å². The standard InChI is InChI=1S/C18H14FN3O3/c19-14-3-12-4-15(8-22-18(23)11-1-2-24-9-11)25-17(12)16(5-14)13-6-20-10-21-7-13/h1-3,5-7,9-10,15H,4,8H2,(H,22,23)/t15-/m1/s1. The van der Waals surface area contributed by atoms with Crippen molar-refractivity contribution in [2.24, 2.45) is 0 Å². The lowest BCUT2D eigenvalue weighted by molar-refractivity contribution is 0.0933. The van der Waals surface area contributed by atoms with Gasteiger partial charge in [0.25, 0.3) is 5.91 Å². The van der Waals surface area contributed by atoms with E-state index in [4.69, 9.17) is 9.15 Å². The van der Waals surface area contributed by atoms with Crippen molar-refractivity contribution in [2.45, 2.75) is 12.5 Å². The molecule has 0 radical (unpaired) electrons. The van der Waals surface area contributed by atoms with Gasteiger partial charge < -0.3 is 14.5 Å². The fourth-order valence-corrected chi connectivity index (χ4v) is 2.86. The van der Waals surface area contributed by atoms with Gasteiger partial charge in [-0.05, 0) is 18.2 Å². The average molecular weight is 339 g/mol. The van der Waals surface area contributed by atoms with E-state index in [-0.39, 0.29) is 17.8 Å². The molecule has 1 amide bonds. The number of carbonyl (C=O) groups excluding carboxylic acids is 1. The fourth-order valence-electron chi connectivity index (χ4n) is 2.86. The molecule has 0 bridgehead atoms. The number of benzene rings is 1. The summed E-state index contributed by atoms with van der Waals surface area (Å²) in [5.74, 6) is 0.0271. The largest absolute Gasteiger partial charge is 0.487 e. The summed E-state index contributed by atoms with van der Waals surface area (Å²) in [4.78, 5) is 19.9. The molecular formula is C18H14FN3O3. The number of aromatic nitrogens is 2. The Morgan fingerprint density at radius 3 is 2.92 bits per heavy atom. The Morgan fingerprint density at radius 1 is 1.32 bits per heavy atom. The lowest BCUT2D eigenvalue weighted by Gasteiger charge is -2.13. The van der Waals surface area contributed by atoms with E-state index < -0.39 is 0 Å². The molecule has 126 valence electrons. The monoisotopic (exact) mass is 339 g/mol. The van der Waals surface area contributed by atoms with Gasteiger partial charge >= 0.3 is 0 Å². The average Bonchev–Trinajstić information content (AvgIpc) is 3.29. The molecule has 0 saturated carbocycles. The van der Waals surface area contributed by atoms with Crippen molar-refractivity contribution in [2.75, 3.05) is 6.54 Å². The molecule has 1 N–H and O–H groups in total. The smallest absolute Gasteiger partial charge is 0.254 e. The number of hydrogen-bond donors (Lipinski definition) is 1. The molecule has 1 aliphatic heterocycles. The highest BCUT2D eigenvalue weighted by Crippen LogP contribution is 2.39. The number of furan rings is 1. The summed E-state index contributed by atoms with van der Waals surface area (Å²) in [6, 6.07) is 4.45. The van der Waals surface area contributed by atoms with Gasteiger partial charge in [-0.2, -0.15) is 0 Å². The Labute approximate surface area is 142 Å². The SMILES string of the molecule is O=C(NC[C@H]1Cc2cc(F)cc(-c3cncnc3)c2O1)c1ccoc1. The van der Waals surface area contributed by atoms with Gasteiger partial charge in [-0.3, -0.25) is 4.79 Å². The maximum atomic E-state index is 14.0. The predicted molar refractivity (Wildman–Crippen MR) is 86.6 cm³/mol. The highest BCUT2D eigenvalue weighted by molar-refractivity contribution is 5.93. The van der Waals surface area contributed by atoms with E-state index in [2.05, 4.69) is 15.3 Å². The lowest BCUT2D eigenvalue weighted by atomic mass is 10.0. The molecule has 0 unspecified atom stereocenters. The highest BCUT2D eigenvalue weighted by Gasteiger charge is 2.27. The van der Waals surface area contributed by atoms with E-state index in [0.29, 0.717) is 35.4 Å². The maximum absolute atomic E-state index is 14.0. The van der Waals surface area contributed by atoms with Gasteiger partial charge in [0.05, 0.1) is 18.4 Å².